The summed E-state index contributed by atoms with van der Waals surface area (Å²) in [5, 5.41) is 2.45. The van der Waals surface area contributed by atoms with E-state index in [9.17, 15) is 22.8 Å². The van der Waals surface area contributed by atoms with E-state index in [1.54, 1.807) is 30.3 Å². The van der Waals surface area contributed by atoms with Gasteiger partial charge in [-0.3, -0.25) is 9.59 Å². The molecule has 0 heterocycles. The average Bonchev–Trinajstić information content (AvgIpc) is 2.62. The first-order valence-corrected chi connectivity index (χ1v) is 8.06. The number of ether oxygens (including phenoxy) is 1. The van der Waals surface area contributed by atoms with Crippen molar-refractivity contribution in [3.63, 3.8) is 0 Å². The van der Waals surface area contributed by atoms with Gasteiger partial charge in [-0.25, -0.2) is 0 Å². The summed E-state index contributed by atoms with van der Waals surface area (Å²) in [5.74, 6) is -1.47. The Bertz CT molecular complexity index is 794. The van der Waals surface area contributed by atoms with Gasteiger partial charge in [-0.1, -0.05) is 48.5 Å². The molecule has 3 N–H and O–H groups in total. The number of carbonyl (C=O) groups is 2. The molecule has 0 aliphatic rings. The topological polar surface area (TPSA) is 81.4 Å². The van der Waals surface area contributed by atoms with E-state index in [1.165, 1.54) is 19.2 Å². The number of nitrogens with two attached hydrogens (primary N) is 1. The first-order chi connectivity index (χ1) is 12.7. The van der Waals surface area contributed by atoms with Crippen molar-refractivity contribution in [2.45, 2.75) is 24.7 Å². The molecule has 0 saturated carbocycles. The molecule has 8 heteroatoms. The highest BCUT2D eigenvalue weighted by Gasteiger charge is 2.31. The maximum absolute atomic E-state index is 12.8. The van der Waals surface area contributed by atoms with E-state index in [0.29, 0.717) is 5.56 Å². The van der Waals surface area contributed by atoms with Gasteiger partial charge in [-0.15, -0.1) is 0 Å². The molecule has 0 aromatic heterocycles. The van der Waals surface area contributed by atoms with Crippen molar-refractivity contribution >= 4 is 11.8 Å². The fourth-order valence-corrected chi connectivity index (χ4v) is 2.60. The summed E-state index contributed by atoms with van der Waals surface area (Å²) >= 11 is 0. The molecule has 5 nitrogen and oxygen atoms in total. The lowest BCUT2D eigenvalue weighted by molar-refractivity contribution is -0.137. The van der Waals surface area contributed by atoms with Crippen molar-refractivity contribution in [1.29, 1.82) is 0 Å². The second kappa shape index (κ2) is 8.68. The Hall–Kier alpha value is -2.87. The minimum atomic E-state index is -4.50. The zero-order valence-corrected chi connectivity index (χ0v) is 14.5. The molecule has 2 aromatic rings. The number of alkyl halides is 3. The Morgan fingerprint density at radius 1 is 1.11 bits per heavy atom. The predicted molar refractivity (Wildman–Crippen MR) is 92.5 cm³/mol. The number of amides is 2. The molecular formula is C19H19F3N2O3. The maximum Gasteiger partial charge on any atom is 0.416 e. The van der Waals surface area contributed by atoms with Crippen LogP contribution in [0.2, 0.25) is 0 Å². The summed E-state index contributed by atoms with van der Waals surface area (Å²) in [5.41, 5.74) is 5.27. The second-order valence-electron chi connectivity index (χ2n) is 5.89. The highest BCUT2D eigenvalue weighted by atomic mass is 19.4. The Morgan fingerprint density at radius 2 is 1.78 bits per heavy atom. The van der Waals surface area contributed by atoms with E-state index in [0.717, 1.165) is 12.1 Å². The van der Waals surface area contributed by atoms with Crippen LogP contribution in [0.15, 0.2) is 54.6 Å². The van der Waals surface area contributed by atoms with Crippen molar-refractivity contribution in [1.82, 2.24) is 5.32 Å². The smallest absolute Gasteiger partial charge is 0.368 e. The Kier molecular flexibility index (Phi) is 6.57. The molecule has 0 aliphatic carbocycles. The van der Waals surface area contributed by atoms with Crippen LogP contribution < -0.4 is 11.1 Å². The van der Waals surface area contributed by atoms with Crippen molar-refractivity contribution < 1.29 is 27.5 Å². The van der Waals surface area contributed by atoms with E-state index in [4.69, 9.17) is 10.5 Å². The fourth-order valence-electron chi connectivity index (χ4n) is 2.60. The third-order valence-electron chi connectivity index (χ3n) is 3.93. The first-order valence-electron chi connectivity index (χ1n) is 8.06. The van der Waals surface area contributed by atoms with Crippen LogP contribution in [0.25, 0.3) is 0 Å². The number of nitrogens with one attached hydrogen (secondary N) is 1. The minimum absolute atomic E-state index is 0.170. The number of hydrogen-bond acceptors (Lipinski definition) is 3. The van der Waals surface area contributed by atoms with Gasteiger partial charge in [-0.2, -0.15) is 13.2 Å². The highest BCUT2D eigenvalue weighted by molar-refractivity contribution is 5.89. The molecule has 144 valence electrons. The normalized spacial score (nSPS) is 13.6. The Labute approximate surface area is 154 Å². The van der Waals surface area contributed by atoms with Crippen LogP contribution in [0.3, 0.4) is 0 Å². The zero-order chi connectivity index (χ0) is 20.0. The van der Waals surface area contributed by atoms with Crippen molar-refractivity contribution in [2.75, 3.05) is 7.11 Å². The monoisotopic (exact) mass is 380 g/mol. The molecule has 0 bridgehead atoms. The molecular weight excluding hydrogens is 361 g/mol. The number of rotatable bonds is 7. The van der Waals surface area contributed by atoms with Crippen molar-refractivity contribution in [3.05, 3.63) is 71.3 Å². The number of hydrogen-bond donors (Lipinski definition) is 2. The summed E-state index contributed by atoms with van der Waals surface area (Å²) in [6.07, 6.45) is -5.65. The molecule has 0 radical (unpaired) electrons. The van der Waals surface area contributed by atoms with Crippen LogP contribution in [0, 0.1) is 0 Å². The lowest BCUT2D eigenvalue weighted by atomic mass is 10.0. The number of carbonyl (C=O) groups excluding carboxylic acids is 2. The van der Waals surface area contributed by atoms with Crippen molar-refractivity contribution in [3.8, 4) is 0 Å². The summed E-state index contributed by atoms with van der Waals surface area (Å²) in [4.78, 5) is 24.2. The standard InChI is InChI=1S/C19H19F3N2O3/c1-27-16(13-7-3-2-4-8-13)18(26)24-15(17(23)25)11-12-6-5-9-14(10-12)19(20,21)22/h2-10,15-16H,11H2,1H3,(H2,23,25)(H,24,26)/t15-,16-/m0/s1. The molecule has 0 spiro atoms. The van der Waals surface area contributed by atoms with E-state index < -0.39 is 35.7 Å². The van der Waals surface area contributed by atoms with E-state index in [2.05, 4.69) is 5.32 Å². The first kappa shape index (κ1) is 20.4. The Balaban J connectivity index is 2.16. The van der Waals surface area contributed by atoms with Crippen LogP contribution in [0.1, 0.15) is 22.8 Å². The molecule has 0 fully saturated rings. The summed E-state index contributed by atoms with van der Waals surface area (Å²) in [6.45, 7) is 0. The maximum atomic E-state index is 12.8. The number of halogens is 3. The molecule has 27 heavy (non-hydrogen) atoms. The van der Waals surface area contributed by atoms with Crippen LogP contribution in [0.4, 0.5) is 13.2 Å². The van der Waals surface area contributed by atoms with Crippen LogP contribution >= 0.6 is 0 Å². The van der Waals surface area contributed by atoms with Gasteiger partial charge in [0.05, 0.1) is 5.56 Å². The third kappa shape index (κ3) is 5.55. The molecule has 0 unspecified atom stereocenters. The molecule has 0 saturated heterocycles. The lowest BCUT2D eigenvalue weighted by Gasteiger charge is -2.21. The van der Waals surface area contributed by atoms with Gasteiger partial charge < -0.3 is 15.8 Å². The molecule has 0 aliphatic heterocycles. The fraction of sp³-hybridized carbons (Fsp3) is 0.263. The molecule has 2 aromatic carbocycles. The predicted octanol–water partition coefficient (Wildman–Crippen LogP) is 2.61. The molecule has 2 atom stereocenters. The number of benzene rings is 2. The quantitative estimate of drug-likeness (QED) is 0.775. The Morgan fingerprint density at radius 3 is 2.33 bits per heavy atom. The van der Waals surface area contributed by atoms with Crippen LogP contribution in [-0.4, -0.2) is 25.0 Å². The lowest BCUT2D eigenvalue weighted by Crippen LogP contribution is -2.47. The van der Waals surface area contributed by atoms with Gasteiger partial charge in [0.15, 0.2) is 6.10 Å². The number of primary amides is 1. The van der Waals surface area contributed by atoms with Gasteiger partial charge in [0, 0.05) is 13.5 Å². The second-order valence-corrected chi connectivity index (χ2v) is 5.89. The third-order valence-corrected chi connectivity index (χ3v) is 3.93. The van der Waals surface area contributed by atoms with Gasteiger partial charge in [0.25, 0.3) is 5.91 Å². The van der Waals surface area contributed by atoms with Gasteiger partial charge in [0.1, 0.15) is 6.04 Å². The van der Waals surface area contributed by atoms with Crippen LogP contribution in [0.5, 0.6) is 0 Å². The summed E-state index contributed by atoms with van der Waals surface area (Å²) < 4.78 is 43.7. The van der Waals surface area contributed by atoms with Crippen molar-refractivity contribution in [2.24, 2.45) is 5.73 Å². The summed E-state index contributed by atoms with van der Waals surface area (Å²) in [7, 11) is 1.34. The largest absolute Gasteiger partial charge is 0.416 e. The van der Waals surface area contributed by atoms with Gasteiger partial charge in [-0.05, 0) is 17.2 Å². The van der Waals surface area contributed by atoms with Gasteiger partial charge >= 0.3 is 6.18 Å². The van der Waals surface area contributed by atoms with E-state index in [-0.39, 0.29) is 12.0 Å². The molecule has 2 rings (SSSR count). The summed E-state index contributed by atoms with van der Waals surface area (Å²) in [6, 6.07) is 11.9. The van der Waals surface area contributed by atoms with E-state index >= 15 is 0 Å². The minimum Gasteiger partial charge on any atom is -0.368 e. The van der Waals surface area contributed by atoms with Gasteiger partial charge in [0.2, 0.25) is 5.91 Å². The average molecular weight is 380 g/mol. The van der Waals surface area contributed by atoms with Crippen LogP contribution in [-0.2, 0) is 26.9 Å². The SMILES string of the molecule is CO[C@H](C(=O)N[C@@H](Cc1cccc(C(F)(F)F)c1)C(N)=O)c1ccccc1. The molecule has 2 amide bonds. The van der Waals surface area contributed by atoms with E-state index in [1.807, 2.05) is 0 Å². The zero-order valence-electron chi connectivity index (χ0n) is 14.5. The number of methoxy groups -OCH3 is 1. The highest BCUT2D eigenvalue weighted by Crippen LogP contribution is 2.29.